The summed E-state index contributed by atoms with van der Waals surface area (Å²) in [5, 5.41) is 9.39. The molecule has 0 saturated carbocycles. The summed E-state index contributed by atoms with van der Waals surface area (Å²) in [6, 6.07) is 13.2. The Balaban J connectivity index is 2.15. The van der Waals surface area contributed by atoms with Gasteiger partial charge in [0.1, 0.15) is 0 Å². The SMILES string of the molecule is Cn1c(=O)c2ccccc2n(Cc2ccc(C(=O)O)cc2)c1=O. The van der Waals surface area contributed by atoms with E-state index in [2.05, 4.69) is 0 Å². The van der Waals surface area contributed by atoms with Crippen LogP contribution in [0.1, 0.15) is 15.9 Å². The topological polar surface area (TPSA) is 81.3 Å². The third kappa shape index (κ3) is 2.55. The zero-order valence-corrected chi connectivity index (χ0v) is 12.4. The lowest BCUT2D eigenvalue weighted by molar-refractivity contribution is 0.0697. The molecule has 3 aromatic rings. The number of nitrogens with zero attached hydrogens (tertiary/aromatic N) is 2. The van der Waals surface area contributed by atoms with Gasteiger partial charge in [0.25, 0.3) is 5.56 Å². The molecular weight excluding hydrogens is 296 g/mol. The number of fused-ring (bicyclic) bond motifs is 1. The van der Waals surface area contributed by atoms with Gasteiger partial charge in [0.05, 0.1) is 23.0 Å². The zero-order valence-electron chi connectivity index (χ0n) is 12.4. The molecule has 1 heterocycles. The van der Waals surface area contributed by atoms with Crippen molar-refractivity contribution >= 4 is 16.9 Å². The van der Waals surface area contributed by atoms with E-state index in [0.29, 0.717) is 10.9 Å². The summed E-state index contributed by atoms with van der Waals surface area (Å²) >= 11 is 0. The van der Waals surface area contributed by atoms with Gasteiger partial charge in [-0.2, -0.15) is 0 Å². The van der Waals surface area contributed by atoms with Crippen molar-refractivity contribution in [1.29, 1.82) is 0 Å². The van der Waals surface area contributed by atoms with Crippen LogP contribution in [-0.4, -0.2) is 20.2 Å². The molecule has 0 unspecified atom stereocenters. The van der Waals surface area contributed by atoms with E-state index in [4.69, 9.17) is 5.11 Å². The Hall–Kier alpha value is -3.15. The van der Waals surface area contributed by atoms with E-state index >= 15 is 0 Å². The second kappa shape index (κ2) is 5.57. The highest BCUT2D eigenvalue weighted by molar-refractivity contribution is 5.87. The fourth-order valence-electron chi connectivity index (χ4n) is 2.53. The summed E-state index contributed by atoms with van der Waals surface area (Å²) in [5.41, 5.74) is 0.786. The second-order valence-corrected chi connectivity index (χ2v) is 5.25. The Bertz CT molecular complexity index is 1010. The predicted octanol–water partition coefficient (Wildman–Crippen LogP) is 1.45. The summed E-state index contributed by atoms with van der Waals surface area (Å²) < 4.78 is 2.58. The Morgan fingerprint density at radius 2 is 1.70 bits per heavy atom. The minimum absolute atomic E-state index is 0.186. The Morgan fingerprint density at radius 3 is 2.35 bits per heavy atom. The lowest BCUT2D eigenvalue weighted by Gasteiger charge is -2.12. The molecule has 0 spiro atoms. The van der Waals surface area contributed by atoms with Crippen molar-refractivity contribution in [2.24, 2.45) is 7.05 Å². The summed E-state index contributed by atoms with van der Waals surface area (Å²) in [5.74, 6) is -0.999. The number of benzene rings is 2. The number of carboxylic acids is 1. The maximum Gasteiger partial charge on any atom is 0.335 e. The van der Waals surface area contributed by atoms with E-state index in [9.17, 15) is 14.4 Å². The third-order valence-electron chi connectivity index (χ3n) is 3.79. The van der Waals surface area contributed by atoms with Gasteiger partial charge in [-0.05, 0) is 29.8 Å². The van der Waals surface area contributed by atoms with Gasteiger partial charge in [-0.3, -0.25) is 13.9 Å². The van der Waals surface area contributed by atoms with E-state index in [0.717, 1.165) is 10.1 Å². The van der Waals surface area contributed by atoms with Gasteiger partial charge in [-0.15, -0.1) is 0 Å². The first-order chi connectivity index (χ1) is 11.0. The third-order valence-corrected chi connectivity index (χ3v) is 3.79. The molecule has 0 aliphatic heterocycles. The molecule has 0 aliphatic carbocycles. The average molecular weight is 310 g/mol. The first kappa shape index (κ1) is 14.8. The van der Waals surface area contributed by atoms with Crippen LogP contribution in [0.5, 0.6) is 0 Å². The molecule has 23 heavy (non-hydrogen) atoms. The predicted molar refractivity (Wildman–Crippen MR) is 86.0 cm³/mol. The number of rotatable bonds is 3. The Labute approximate surface area is 130 Å². The minimum atomic E-state index is -0.999. The normalized spacial score (nSPS) is 10.8. The van der Waals surface area contributed by atoms with Crippen LogP contribution >= 0.6 is 0 Å². The molecule has 1 N–H and O–H groups in total. The van der Waals surface area contributed by atoms with E-state index in [-0.39, 0.29) is 17.7 Å². The van der Waals surface area contributed by atoms with Crippen molar-refractivity contribution in [1.82, 2.24) is 9.13 Å². The summed E-state index contributed by atoms with van der Waals surface area (Å²) in [6.45, 7) is 0.257. The molecule has 3 rings (SSSR count). The lowest BCUT2D eigenvalue weighted by Crippen LogP contribution is -2.38. The molecule has 0 bridgehead atoms. The molecule has 116 valence electrons. The van der Waals surface area contributed by atoms with Crippen LogP contribution in [0.15, 0.2) is 58.1 Å². The monoisotopic (exact) mass is 310 g/mol. The van der Waals surface area contributed by atoms with Gasteiger partial charge >= 0.3 is 11.7 Å². The number of para-hydroxylation sites is 1. The van der Waals surface area contributed by atoms with Crippen molar-refractivity contribution in [3.8, 4) is 0 Å². The smallest absolute Gasteiger partial charge is 0.335 e. The van der Waals surface area contributed by atoms with E-state index in [1.54, 1.807) is 36.4 Å². The van der Waals surface area contributed by atoms with Crippen molar-refractivity contribution in [2.75, 3.05) is 0 Å². The number of hydrogen-bond acceptors (Lipinski definition) is 3. The summed E-state index contributed by atoms with van der Waals surface area (Å²) in [4.78, 5) is 35.5. The first-order valence-corrected chi connectivity index (χ1v) is 7.00. The number of carboxylic acid groups (broad SMARTS) is 1. The molecule has 1 aromatic heterocycles. The molecule has 0 radical (unpaired) electrons. The molecule has 0 amide bonds. The molecule has 6 nitrogen and oxygen atoms in total. The van der Waals surface area contributed by atoms with Crippen LogP contribution in [0, 0.1) is 0 Å². The van der Waals surface area contributed by atoms with E-state index in [1.807, 2.05) is 0 Å². The van der Waals surface area contributed by atoms with Crippen LogP contribution in [0.3, 0.4) is 0 Å². The first-order valence-electron chi connectivity index (χ1n) is 7.00. The zero-order chi connectivity index (χ0) is 16.6. The number of hydrogen-bond donors (Lipinski definition) is 1. The Kier molecular flexibility index (Phi) is 3.57. The summed E-state index contributed by atoms with van der Waals surface area (Å²) in [7, 11) is 1.45. The standard InChI is InChI=1S/C17H14N2O4/c1-18-15(20)13-4-2-3-5-14(13)19(17(18)23)10-11-6-8-12(9-7-11)16(21)22/h2-9H,10H2,1H3,(H,21,22). The highest BCUT2D eigenvalue weighted by atomic mass is 16.4. The van der Waals surface area contributed by atoms with Crippen molar-refractivity contribution < 1.29 is 9.90 Å². The Morgan fingerprint density at radius 1 is 1.04 bits per heavy atom. The molecule has 0 atom stereocenters. The van der Waals surface area contributed by atoms with Crippen LogP contribution in [0.4, 0.5) is 0 Å². The van der Waals surface area contributed by atoms with Gasteiger partial charge in [-0.25, -0.2) is 9.59 Å². The molecular formula is C17H14N2O4. The average Bonchev–Trinajstić information content (AvgIpc) is 2.57. The molecule has 0 saturated heterocycles. The lowest BCUT2D eigenvalue weighted by atomic mass is 10.1. The van der Waals surface area contributed by atoms with Crippen LogP contribution in [0.25, 0.3) is 10.9 Å². The van der Waals surface area contributed by atoms with Crippen LogP contribution in [-0.2, 0) is 13.6 Å². The maximum atomic E-state index is 12.4. The van der Waals surface area contributed by atoms with Gasteiger partial charge in [0, 0.05) is 7.05 Å². The van der Waals surface area contributed by atoms with Crippen molar-refractivity contribution in [3.05, 3.63) is 80.5 Å². The number of carbonyl (C=O) groups is 1. The van der Waals surface area contributed by atoms with Crippen LogP contribution < -0.4 is 11.2 Å². The largest absolute Gasteiger partial charge is 0.478 e. The van der Waals surface area contributed by atoms with Crippen molar-refractivity contribution in [3.63, 3.8) is 0 Å². The molecule has 6 heteroatoms. The number of aromatic nitrogens is 2. The fourth-order valence-corrected chi connectivity index (χ4v) is 2.53. The molecule has 0 fully saturated rings. The number of aromatic carboxylic acids is 1. The van der Waals surface area contributed by atoms with E-state index in [1.165, 1.54) is 23.7 Å². The van der Waals surface area contributed by atoms with E-state index < -0.39 is 11.7 Å². The fraction of sp³-hybridized carbons (Fsp3) is 0.118. The quantitative estimate of drug-likeness (QED) is 0.794. The highest BCUT2D eigenvalue weighted by Crippen LogP contribution is 2.11. The highest BCUT2D eigenvalue weighted by Gasteiger charge is 2.11. The molecule has 0 aliphatic rings. The van der Waals surface area contributed by atoms with Gasteiger partial charge in [0.15, 0.2) is 0 Å². The van der Waals surface area contributed by atoms with Gasteiger partial charge in [0.2, 0.25) is 0 Å². The van der Waals surface area contributed by atoms with Gasteiger partial charge < -0.3 is 5.11 Å². The second-order valence-electron chi connectivity index (χ2n) is 5.25. The van der Waals surface area contributed by atoms with Crippen molar-refractivity contribution in [2.45, 2.75) is 6.54 Å². The summed E-state index contributed by atoms with van der Waals surface area (Å²) in [6.07, 6.45) is 0. The maximum absolute atomic E-state index is 12.4. The van der Waals surface area contributed by atoms with Crippen LogP contribution in [0.2, 0.25) is 0 Å². The minimum Gasteiger partial charge on any atom is -0.478 e. The van der Waals surface area contributed by atoms with Gasteiger partial charge in [-0.1, -0.05) is 24.3 Å². The molecule has 2 aromatic carbocycles.